The Balaban J connectivity index is 2.65. The van der Waals surface area contributed by atoms with Gasteiger partial charge in [0.05, 0.1) is 0 Å². The number of rotatable bonds is 19. The molecule has 0 amide bonds. The molecule has 2 atom stereocenters. The van der Waals surface area contributed by atoms with Crippen molar-refractivity contribution in [3.8, 4) is 0 Å². The van der Waals surface area contributed by atoms with Crippen LogP contribution >= 0.6 is 0 Å². The Bertz CT molecular complexity index is 473. The van der Waals surface area contributed by atoms with Crippen LogP contribution < -0.4 is 0 Å². The van der Waals surface area contributed by atoms with Crippen molar-refractivity contribution >= 4 is 0 Å². The Morgan fingerprint density at radius 3 is 1.79 bits per heavy atom. The minimum Gasteiger partial charge on any atom is -0.365 e. The molecule has 0 spiro atoms. The van der Waals surface area contributed by atoms with Crippen molar-refractivity contribution in [2.24, 2.45) is 0 Å². The lowest BCUT2D eigenvalue weighted by atomic mass is 9.83. The van der Waals surface area contributed by atoms with Gasteiger partial charge in [0.1, 0.15) is 0 Å². The van der Waals surface area contributed by atoms with Crippen LogP contribution in [0.25, 0.3) is 0 Å². The summed E-state index contributed by atoms with van der Waals surface area (Å²) in [7, 11) is 0. The summed E-state index contributed by atoms with van der Waals surface area (Å²) in [4.78, 5) is 0. The number of ether oxygens (including phenoxy) is 1. The fourth-order valence-corrected chi connectivity index (χ4v) is 4.40. The molecular weight excluding hydrogens is 356 g/mol. The second-order valence-corrected chi connectivity index (χ2v) is 8.67. The van der Waals surface area contributed by atoms with Crippen molar-refractivity contribution < 1.29 is 9.84 Å². The third-order valence-corrected chi connectivity index (χ3v) is 6.13. The summed E-state index contributed by atoms with van der Waals surface area (Å²) >= 11 is 0. The molecule has 0 saturated heterocycles. The molecule has 29 heavy (non-hydrogen) atoms. The highest BCUT2D eigenvalue weighted by atomic mass is 16.6. The normalized spacial score (nSPS) is 14.6. The van der Waals surface area contributed by atoms with Crippen LogP contribution in [0.5, 0.6) is 0 Å². The lowest BCUT2D eigenvalue weighted by molar-refractivity contribution is -0.222. The van der Waals surface area contributed by atoms with Crippen molar-refractivity contribution in [1.82, 2.24) is 0 Å². The predicted octanol–water partition coefficient (Wildman–Crippen LogP) is 8.39. The van der Waals surface area contributed by atoms with Crippen molar-refractivity contribution in [2.45, 2.75) is 129 Å². The predicted molar refractivity (Wildman–Crippen MR) is 126 cm³/mol. The van der Waals surface area contributed by atoms with E-state index in [9.17, 15) is 5.11 Å². The molecule has 0 radical (unpaired) electrons. The van der Waals surface area contributed by atoms with Crippen molar-refractivity contribution in [3.63, 3.8) is 0 Å². The van der Waals surface area contributed by atoms with E-state index in [1.165, 1.54) is 76.2 Å². The first-order valence-electron chi connectivity index (χ1n) is 12.6. The van der Waals surface area contributed by atoms with Crippen molar-refractivity contribution in [2.75, 3.05) is 6.61 Å². The maximum Gasteiger partial charge on any atom is 0.172 e. The van der Waals surface area contributed by atoms with Crippen LogP contribution in [0.2, 0.25) is 0 Å². The van der Waals surface area contributed by atoms with E-state index in [2.05, 4.69) is 44.2 Å². The summed E-state index contributed by atoms with van der Waals surface area (Å²) < 4.78 is 6.04. The standard InChI is InChI=1S/C27H48O2/c1-4-7-9-11-13-15-20-24-27(28,29-6-3)26(25-21-17-16-18-22-25)23-19-14-12-10-8-5-2/h16-18,21-22,26,28H,4-15,19-20,23-24H2,1-3H3. The number of unbranched alkanes of at least 4 members (excludes halogenated alkanes) is 11. The highest BCUT2D eigenvalue weighted by molar-refractivity contribution is 5.22. The lowest BCUT2D eigenvalue weighted by Gasteiger charge is -2.36. The third kappa shape index (κ3) is 11.2. The summed E-state index contributed by atoms with van der Waals surface area (Å²) in [6.45, 7) is 7.09. The first-order valence-corrected chi connectivity index (χ1v) is 12.6. The number of aliphatic hydroxyl groups is 1. The van der Waals surface area contributed by atoms with Crippen LogP contribution in [0.3, 0.4) is 0 Å². The average Bonchev–Trinajstić information content (AvgIpc) is 2.73. The van der Waals surface area contributed by atoms with E-state index < -0.39 is 5.79 Å². The first-order chi connectivity index (χ1) is 14.2. The molecule has 1 N–H and O–H groups in total. The molecule has 2 unspecified atom stereocenters. The van der Waals surface area contributed by atoms with E-state index in [1.807, 2.05) is 6.92 Å². The molecule has 2 heteroatoms. The van der Waals surface area contributed by atoms with Crippen LogP contribution in [-0.2, 0) is 4.74 Å². The minimum atomic E-state index is -1.04. The molecule has 168 valence electrons. The summed E-state index contributed by atoms with van der Waals surface area (Å²) in [5.74, 6) is -0.974. The monoisotopic (exact) mass is 404 g/mol. The Morgan fingerprint density at radius 2 is 1.24 bits per heavy atom. The topological polar surface area (TPSA) is 29.5 Å². The molecule has 0 aromatic heterocycles. The van der Waals surface area contributed by atoms with Gasteiger partial charge >= 0.3 is 0 Å². The van der Waals surface area contributed by atoms with Crippen LogP contribution in [0, 0.1) is 0 Å². The van der Waals surface area contributed by atoms with Gasteiger partial charge in [0.2, 0.25) is 0 Å². The average molecular weight is 405 g/mol. The molecule has 0 aliphatic rings. The number of hydrogen-bond donors (Lipinski definition) is 1. The van der Waals surface area contributed by atoms with E-state index in [1.54, 1.807) is 0 Å². The maximum absolute atomic E-state index is 11.6. The molecule has 1 rings (SSSR count). The van der Waals surface area contributed by atoms with Gasteiger partial charge in [-0.2, -0.15) is 0 Å². The molecule has 0 saturated carbocycles. The molecule has 0 aliphatic heterocycles. The van der Waals surface area contributed by atoms with Gasteiger partial charge in [-0.15, -0.1) is 0 Å². The third-order valence-electron chi connectivity index (χ3n) is 6.13. The first kappa shape index (κ1) is 26.2. The fourth-order valence-electron chi connectivity index (χ4n) is 4.40. The smallest absolute Gasteiger partial charge is 0.172 e. The van der Waals surface area contributed by atoms with Gasteiger partial charge in [0, 0.05) is 18.9 Å². The highest BCUT2D eigenvalue weighted by Crippen LogP contribution is 2.38. The minimum absolute atomic E-state index is 0.0647. The van der Waals surface area contributed by atoms with E-state index in [0.29, 0.717) is 6.61 Å². The maximum atomic E-state index is 11.6. The molecule has 1 aromatic carbocycles. The Kier molecular flexibility index (Phi) is 15.2. The zero-order valence-electron chi connectivity index (χ0n) is 19.6. The van der Waals surface area contributed by atoms with Gasteiger partial charge in [0.25, 0.3) is 0 Å². The van der Waals surface area contributed by atoms with Crippen LogP contribution in [-0.4, -0.2) is 17.5 Å². The van der Waals surface area contributed by atoms with Crippen LogP contribution in [0.15, 0.2) is 30.3 Å². The summed E-state index contributed by atoms with van der Waals surface area (Å²) in [6, 6.07) is 10.6. The van der Waals surface area contributed by atoms with Gasteiger partial charge in [0.15, 0.2) is 5.79 Å². The second-order valence-electron chi connectivity index (χ2n) is 8.67. The molecule has 0 fully saturated rings. The Hall–Kier alpha value is -0.860. The molecule has 2 nitrogen and oxygen atoms in total. The van der Waals surface area contributed by atoms with Crippen molar-refractivity contribution in [3.05, 3.63) is 35.9 Å². The summed E-state index contributed by atoms with van der Waals surface area (Å²) in [6.07, 6.45) is 18.2. The molecular formula is C27H48O2. The zero-order chi connectivity index (χ0) is 21.2. The van der Waals surface area contributed by atoms with Gasteiger partial charge in [-0.3, -0.25) is 0 Å². The van der Waals surface area contributed by atoms with E-state index >= 15 is 0 Å². The summed E-state index contributed by atoms with van der Waals surface area (Å²) in [5, 5.41) is 11.6. The van der Waals surface area contributed by atoms with Crippen molar-refractivity contribution in [1.29, 1.82) is 0 Å². The Labute approximate surface area is 181 Å². The Morgan fingerprint density at radius 1 is 0.724 bits per heavy atom. The zero-order valence-corrected chi connectivity index (χ0v) is 19.6. The van der Waals surface area contributed by atoms with Crippen LogP contribution in [0.4, 0.5) is 0 Å². The molecule has 0 heterocycles. The number of hydrogen-bond acceptors (Lipinski definition) is 2. The molecule has 1 aromatic rings. The number of benzene rings is 1. The lowest BCUT2D eigenvalue weighted by Crippen LogP contribution is -2.39. The van der Waals surface area contributed by atoms with E-state index in [4.69, 9.17) is 4.74 Å². The van der Waals surface area contributed by atoms with Gasteiger partial charge in [-0.05, 0) is 25.3 Å². The SMILES string of the molecule is CCCCCCCCCC(O)(OCC)C(CCCCCCCC)c1ccccc1. The van der Waals surface area contributed by atoms with Gasteiger partial charge in [-0.25, -0.2) is 0 Å². The molecule has 0 bridgehead atoms. The highest BCUT2D eigenvalue weighted by Gasteiger charge is 2.37. The van der Waals surface area contributed by atoms with E-state index in [0.717, 1.165) is 25.7 Å². The van der Waals surface area contributed by atoms with Crippen LogP contribution in [0.1, 0.15) is 129 Å². The second kappa shape index (κ2) is 16.9. The largest absolute Gasteiger partial charge is 0.365 e. The van der Waals surface area contributed by atoms with E-state index in [-0.39, 0.29) is 5.92 Å². The quantitative estimate of drug-likeness (QED) is 0.185. The van der Waals surface area contributed by atoms with Gasteiger partial charge in [-0.1, -0.05) is 121 Å². The summed E-state index contributed by atoms with van der Waals surface area (Å²) in [5.41, 5.74) is 1.22. The van der Waals surface area contributed by atoms with Gasteiger partial charge < -0.3 is 9.84 Å². The molecule has 0 aliphatic carbocycles. The fraction of sp³-hybridized carbons (Fsp3) is 0.778.